The van der Waals surface area contributed by atoms with Crippen LogP contribution in [0.25, 0.3) is 0 Å². The Morgan fingerprint density at radius 3 is 2.94 bits per heavy atom. The van der Waals surface area contributed by atoms with Crippen LogP contribution < -0.4 is 10.6 Å². The van der Waals surface area contributed by atoms with Crippen LogP contribution in [0, 0.1) is 0 Å². The summed E-state index contributed by atoms with van der Waals surface area (Å²) in [5.41, 5.74) is 2.06. The third kappa shape index (κ3) is 4.77. The first kappa shape index (κ1) is 24.1. The molecule has 4 rings (SSSR count). The van der Waals surface area contributed by atoms with Gasteiger partial charge in [-0.3, -0.25) is 19.3 Å². The van der Waals surface area contributed by atoms with E-state index >= 15 is 0 Å². The minimum atomic E-state index is -1.21. The maximum absolute atomic E-state index is 12.9. The number of hydrogen-bond donors (Lipinski definition) is 3. The molecule has 2 aromatic rings. The van der Waals surface area contributed by atoms with Crippen molar-refractivity contribution >= 4 is 81.2 Å². The van der Waals surface area contributed by atoms with Gasteiger partial charge in [-0.1, -0.05) is 28.3 Å². The second-order valence-electron chi connectivity index (χ2n) is 6.53. The molecule has 0 saturated carbocycles. The van der Waals surface area contributed by atoms with E-state index in [1.54, 1.807) is 5.51 Å². The van der Waals surface area contributed by atoms with Gasteiger partial charge in [0, 0.05) is 16.9 Å². The third-order valence-corrected chi connectivity index (χ3v) is 8.63. The van der Waals surface area contributed by atoms with Crippen LogP contribution in [0.1, 0.15) is 5.69 Å². The van der Waals surface area contributed by atoms with E-state index < -0.39 is 29.2 Å². The van der Waals surface area contributed by atoms with Gasteiger partial charge in [-0.15, -0.1) is 33.3 Å². The molecule has 0 spiro atoms. The van der Waals surface area contributed by atoms with E-state index in [0.29, 0.717) is 27.8 Å². The van der Waals surface area contributed by atoms with Crippen LogP contribution in [-0.4, -0.2) is 85.1 Å². The minimum absolute atomic E-state index is 0.0777. The number of nitrogens with zero attached hydrogens (tertiary/aromatic N) is 5. The van der Waals surface area contributed by atoms with E-state index in [-0.39, 0.29) is 22.2 Å². The van der Waals surface area contributed by atoms with Crippen molar-refractivity contribution < 1.29 is 29.1 Å². The zero-order valence-electron chi connectivity index (χ0n) is 17.2. The number of rotatable bonds is 10. The number of anilines is 1. The molecule has 34 heavy (non-hydrogen) atoms. The van der Waals surface area contributed by atoms with Crippen LogP contribution >= 0.6 is 46.2 Å². The number of oxime groups is 1. The summed E-state index contributed by atoms with van der Waals surface area (Å²) >= 11 is 5.12. The van der Waals surface area contributed by atoms with E-state index in [0.717, 1.165) is 11.3 Å². The molecule has 0 bridgehead atoms. The van der Waals surface area contributed by atoms with Crippen molar-refractivity contribution in [3.05, 3.63) is 27.9 Å². The molecule has 3 amide bonds. The number of carbonyl (C=O) groups is 4. The Morgan fingerprint density at radius 2 is 2.26 bits per heavy atom. The number of thioether (sulfide) groups is 2. The SMILES string of the molecule is CON=C(C(=O)NC1C(=O)N2C(C(=O)O)=C(CSc3nncs3)CS[C@H]12)c1csc(NC=O)n1. The van der Waals surface area contributed by atoms with Crippen LogP contribution in [0.3, 0.4) is 0 Å². The summed E-state index contributed by atoms with van der Waals surface area (Å²) in [6, 6.07) is -0.947. The molecule has 2 aliphatic heterocycles. The number of carbonyl (C=O) groups excluding carboxylic acids is 3. The average Bonchev–Trinajstić information content (AvgIpc) is 3.51. The van der Waals surface area contributed by atoms with Gasteiger partial charge in [-0.25, -0.2) is 9.78 Å². The fraction of sp³-hybridized carbons (Fsp3) is 0.294. The second-order valence-corrected chi connectivity index (χ2v) is 10.6. The van der Waals surface area contributed by atoms with Crippen molar-refractivity contribution in [1.82, 2.24) is 25.4 Å². The number of nitrogens with one attached hydrogen (secondary N) is 2. The van der Waals surface area contributed by atoms with E-state index in [9.17, 15) is 24.3 Å². The fourth-order valence-corrected chi connectivity index (χ4v) is 6.80. The monoisotopic (exact) mass is 541 g/mol. The fourth-order valence-electron chi connectivity index (χ4n) is 3.17. The van der Waals surface area contributed by atoms with Crippen LogP contribution in [0.5, 0.6) is 0 Å². The number of aromatic nitrogens is 3. The largest absolute Gasteiger partial charge is 0.477 e. The van der Waals surface area contributed by atoms with Crippen LogP contribution in [0.4, 0.5) is 5.13 Å². The molecule has 0 aromatic carbocycles. The number of hydrogen-bond acceptors (Lipinski definition) is 13. The lowest BCUT2D eigenvalue weighted by Crippen LogP contribution is -2.71. The molecule has 2 aromatic heterocycles. The molecule has 1 saturated heterocycles. The quantitative estimate of drug-likeness (QED) is 0.125. The van der Waals surface area contributed by atoms with Gasteiger partial charge in [-0.05, 0) is 5.57 Å². The van der Waals surface area contributed by atoms with E-state index in [2.05, 4.69) is 31.0 Å². The molecular formula is C17H15N7O6S4. The number of thiazole rings is 1. The third-order valence-electron chi connectivity index (χ3n) is 4.57. The number of β-lactam (4-membered cyclic amide) rings is 1. The number of amides is 3. The van der Waals surface area contributed by atoms with E-state index in [1.165, 1.54) is 52.3 Å². The molecule has 4 heterocycles. The van der Waals surface area contributed by atoms with Crippen molar-refractivity contribution in [2.75, 3.05) is 23.9 Å². The summed E-state index contributed by atoms with van der Waals surface area (Å²) in [6.45, 7) is 0. The number of aliphatic carboxylic acids is 1. The minimum Gasteiger partial charge on any atom is -0.477 e. The van der Waals surface area contributed by atoms with Gasteiger partial charge in [0.15, 0.2) is 15.2 Å². The Bertz CT molecular complexity index is 1180. The van der Waals surface area contributed by atoms with Crippen molar-refractivity contribution in [3.8, 4) is 0 Å². The zero-order chi connectivity index (χ0) is 24.2. The molecule has 178 valence electrons. The molecule has 2 aliphatic rings. The smallest absolute Gasteiger partial charge is 0.352 e. The molecular weight excluding hydrogens is 526 g/mol. The molecule has 0 radical (unpaired) electrons. The molecule has 3 N–H and O–H groups in total. The molecule has 17 heteroatoms. The highest BCUT2D eigenvalue weighted by Crippen LogP contribution is 2.41. The Hall–Kier alpha value is -3.02. The van der Waals surface area contributed by atoms with Gasteiger partial charge in [-0.2, -0.15) is 0 Å². The number of fused-ring (bicyclic) bond motifs is 1. The van der Waals surface area contributed by atoms with E-state index in [4.69, 9.17) is 4.84 Å². The van der Waals surface area contributed by atoms with Gasteiger partial charge in [0.2, 0.25) is 6.41 Å². The van der Waals surface area contributed by atoms with Crippen molar-refractivity contribution in [2.24, 2.45) is 5.16 Å². The lowest BCUT2D eigenvalue weighted by molar-refractivity contribution is -0.150. The zero-order valence-corrected chi connectivity index (χ0v) is 20.4. The predicted octanol–water partition coefficient (Wildman–Crippen LogP) is 0.444. The first-order valence-corrected chi connectivity index (χ1v) is 13.1. The lowest BCUT2D eigenvalue weighted by atomic mass is 10.0. The normalized spacial score (nSPS) is 19.9. The standard InChI is InChI=1S/C17H15N7O6S4/c1-30-23-9(8-4-32-16(20-8)18-5-25)12(26)21-10-13(27)24-11(15(28)29)7(2-31-14(10)24)3-33-17-22-19-6-34-17/h4-6,10,14H,2-3H2,1H3,(H,21,26)(H,28,29)(H,18,20,25)/t10?,14-/m1/s1. The topological polar surface area (TPSA) is 176 Å². The maximum atomic E-state index is 12.9. The van der Waals surface area contributed by atoms with Gasteiger partial charge >= 0.3 is 5.97 Å². The van der Waals surface area contributed by atoms with Crippen LogP contribution in [0.2, 0.25) is 0 Å². The first-order valence-electron chi connectivity index (χ1n) is 9.31. The molecule has 2 atom stereocenters. The molecule has 13 nitrogen and oxygen atoms in total. The van der Waals surface area contributed by atoms with Crippen LogP contribution in [-0.2, 0) is 24.0 Å². The van der Waals surface area contributed by atoms with Gasteiger partial charge in [0.25, 0.3) is 11.8 Å². The Kier molecular flexibility index (Phi) is 7.44. The summed E-state index contributed by atoms with van der Waals surface area (Å²) < 4.78 is 0.697. The molecule has 0 aliphatic carbocycles. The van der Waals surface area contributed by atoms with Crippen molar-refractivity contribution in [1.29, 1.82) is 0 Å². The highest BCUT2D eigenvalue weighted by molar-refractivity contribution is 8.01. The van der Waals surface area contributed by atoms with Gasteiger partial charge < -0.3 is 20.6 Å². The first-order chi connectivity index (χ1) is 16.4. The Labute approximate surface area is 208 Å². The van der Waals surface area contributed by atoms with Crippen molar-refractivity contribution in [3.63, 3.8) is 0 Å². The second kappa shape index (κ2) is 10.5. The highest BCUT2D eigenvalue weighted by Gasteiger charge is 2.54. The Morgan fingerprint density at radius 1 is 1.44 bits per heavy atom. The highest BCUT2D eigenvalue weighted by atomic mass is 32.2. The lowest BCUT2D eigenvalue weighted by Gasteiger charge is -2.49. The van der Waals surface area contributed by atoms with Gasteiger partial charge in [0.1, 0.15) is 35.4 Å². The predicted molar refractivity (Wildman–Crippen MR) is 126 cm³/mol. The van der Waals surface area contributed by atoms with Crippen LogP contribution in [0.15, 0.2) is 31.7 Å². The van der Waals surface area contributed by atoms with Crippen molar-refractivity contribution in [2.45, 2.75) is 15.8 Å². The molecule has 1 fully saturated rings. The summed E-state index contributed by atoms with van der Waals surface area (Å²) in [6.07, 6.45) is 0.450. The number of carboxylic acids is 1. The average molecular weight is 542 g/mol. The summed E-state index contributed by atoms with van der Waals surface area (Å²) in [4.78, 5) is 58.3. The molecule has 1 unspecified atom stereocenters. The summed E-state index contributed by atoms with van der Waals surface area (Å²) in [7, 11) is 1.25. The number of carboxylic acid groups (broad SMARTS) is 1. The Balaban J connectivity index is 1.48. The summed E-state index contributed by atoms with van der Waals surface area (Å²) in [5, 5.41) is 27.3. The van der Waals surface area contributed by atoms with Gasteiger partial charge in [0.05, 0.1) is 0 Å². The summed E-state index contributed by atoms with van der Waals surface area (Å²) in [5.74, 6) is -1.75. The van der Waals surface area contributed by atoms with E-state index in [1.807, 2.05) is 0 Å². The maximum Gasteiger partial charge on any atom is 0.352 e.